The highest BCUT2D eigenvalue weighted by Gasteiger charge is 2.55. The molecule has 51 heavy (non-hydrogen) atoms. The van der Waals surface area contributed by atoms with Gasteiger partial charge in [0.1, 0.15) is 0 Å². The van der Waals surface area contributed by atoms with Crippen LogP contribution in [0.1, 0.15) is 286 Å². The van der Waals surface area contributed by atoms with Crippen LogP contribution in [-0.4, -0.2) is 17.2 Å². The highest BCUT2D eigenvalue weighted by molar-refractivity contribution is 7.72. The minimum Gasteiger partial charge on any atom is -0.323 e. The SMILES string of the molecule is CCCCCCCCC(CCCCCC)(CCCCCCCC)C(P)(CCCCCCCC)P(=O)(CCCCCCCC)CCCCCCCC. The van der Waals surface area contributed by atoms with E-state index in [1.165, 1.54) is 244 Å². The van der Waals surface area contributed by atoms with Crippen molar-refractivity contribution in [3.63, 3.8) is 0 Å². The lowest BCUT2D eigenvalue weighted by molar-refractivity contribution is 0.157. The van der Waals surface area contributed by atoms with Crippen LogP contribution in [0.4, 0.5) is 0 Å². The predicted molar refractivity (Wildman–Crippen MR) is 242 cm³/mol. The Morgan fingerprint density at radius 2 is 0.529 bits per heavy atom. The molecule has 2 unspecified atom stereocenters. The summed E-state index contributed by atoms with van der Waals surface area (Å²) < 4.78 is 16.4. The lowest BCUT2D eigenvalue weighted by atomic mass is 9.69. The average molecular weight is 755 g/mol. The summed E-state index contributed by atoms with van der Waals surface area (Å²) in [5, 5.41) is 0. The van der Waals surface area contributed by atoms with Gasteiger partial charge in [-0.3, -0.25) is 0 Å². The molecule has 0 aliphatic heterocycles. The van der Waals surface area contributed by atoms with E-state index in [4.69, 9.17) is 0 Å². The molecule has 0 saturated heterocycles. The molecule has 0 aromatic heterocycles. The fraction of sp³-hybridized carbons (Fsp3) is 1.00. The highest BCUT2D eigenvalue weighted by Crippen LogP contribution is 2.74. The molecule has 0 rings (SSSR count). The first kappa shape index (κ1) is 51.7. The molecule has 1 nitrogen and oxygen atoms in total. The van der Waals surface area contributed by atoms with Crippen molar-refractivity contribution in [2.45, 2.75) is 290 Å². The van der Waals surface area contributed by atoms with Crippen molar-refractivity contribution >= 4 is 16.4 Å². The standard InChI is InChI=1S/C48H100OP2/c1-7-13-19-25-30-36-42-47(41-35-24-18-12-6,43-37-31-26-20-14-8-2)48(50,44-38-32-27-21-15-9-3)51(49,45-39-33-28-22-16-10-4)46-40-34-29-23-17-11-5/h7-46,50H2,1-6H3. The van der Waals surface area contributed by atoms with Gasteiger partial charge in [-0.1, -0.05) is 247 Å². The highest BCUT2D eigenvalue weighted by atomic mass is 31.2. The third-order valence-electron chi connectivity index (χ3n) is 12.8. The van der Waals surface area contributed by atoms with E-state index in [2.05, 4.69) is 50.8 Å². The molecule has 0 spiro atoms. The summed E-state index contributed by atoms with van der Waals surface area (Å²) in [6.45, 7) is 14.1. The van der Waals surface area contributed by atoms with Crippen LogP contribution in [-0.2, 0) is 4.57 Å². The average Bonchev–Trinajstić information content (AvgIpc) is 3.13. The lowest BCUT2D eigenvalue weighted by Crippen LogP contribution is -2.45. The van der Waals surface area contributed by atoms with Gasteiger partial charge in [-0.2, -0.15) is 0 Å². The maximum absolute atomic E-state index is 16.4. The summed E-state index contributed by atoms with van der Waals surface area (Å²) in [6, 6.07) is 0. The van der Waals surface area contributed by atoms with Gasteiger partial charge in [0, 0.05) is 17.2 Å². The van der Waals surface area contributed by atoms with Gasteiger partial charge in [0.05, 0.1) is 7.14 Å². The van der Waals surface area contributed by atoms with Crippen molar-refractivity contribution in [3.05, 3.63) is 0 Å². The monoisotopic (exact) mass is 755 g/mol. The Morgan fingerprint density at radius 1 is 0.314 bits per heavy atom. The predicted octanol–water partition coefficient (Wildman–Crippen LogP) is 18.9. The lowest BCUT2D eigenvalue weighted by Gasteiger charge is -2.54. The van der Waals surface area contributed by atoms with Crippen LogP contribution in [0, 0.1) is 5.41 Å². The largest absolute Gasteiger partial charge is 0.323 e. The van der Waals surface area contributed by atoms with Crippen molar-refractivity contribution in [2.24, 2.45) is 5.41 Å². The molecule has 308 valence electrons. The topological polar surface area (TPSA) is 17.1 Å². The van der Waals surface area contributed by atoms with Crippen LogP contribution in [0.3, 0.4) is 0 Å². The van der Waals surface area contributed by atoms with E-state index in [9.17, 15) is 0 Å². The first-order chi connectivity index (χ1) is 24.9. The van der Waals surface area contributed by atoms with Gasteiger partial charge in [0.2, 0.25) is 0 Å². The quantitative estimate of drug-likeness (QED) is 0.0448. The molecule has 0 aliphatic carbocycles. The van der Waals surface area contributed by atoms with E-state index >= 15 is 4.57 Å². The van der Waals surface area contributed by atoms with E-state index in [-0.39, 0.29) is 10.3 Å². The maximum atomic E-state index is 16.4. The Bertz CT molecular complexity index is 714. The molecule has 0 aromatic carbocycles. The van der Waals surface area contributed by atoms with Crippen molar-refractivity contribution in [1.29, 1.82) is 0 Å². The van der Waals surface area contributed by atoms with Crippen LogP contribution in [0.15, 0.2) is 0 Å². The minimum absolute atomic E-state index is 0.0867. The molecule has 0 bridgehead atoms. The Labute approximate surface area is 328 Å². The first-order valence-electron chi connectivity index (χ1n) is 24.2. The molecular weight excluding hydrogens is 654 g/mol. The van der Waals surface area contributed by atoms with Gasteiger partial charge in [-0.25, -0.2) is 0 Å². The zero-order valence-corrected chi connectivity index (χ0v) is 38.8. The number of rotatable bonds is 42. The minimum atomic E-state index is -2.46. The Balaban J connectivity index is 6.80. The van der Waals surface area contributed by atoms with Crippen LogP contribution >= 0.6 is 16.4 Å². The fourth-order valence-electron chi connectivity index (χ4n) is 9.28. The van der Waals surface area contributed by atoms with Crippen molar-refractivity contribution in [3.8, 4) is 0 Å². The third kappa shape index (κ3) is 24.0. The smallest absolute Gasteiger partial charge is 0.0976 e. The second-order valence-corrected chi connectivity index (χ2v) is 22.4. The molecule has 0 radical (unpaired) electrons. The van der Waals surface area contributed by atoms with Gasteiger partial charge in [0.25, 0.3) is 0 Å². The molecule has 0 N–H and O–H groups in total. The number of hydrogen-bond donors (Lipinski definition) is 0. The summed E-state index contributed by atoms with van der Waals surface area (Å²) in [5.41, 5.74) is 0.213. The van der Waals surface area contributed by atoms with Gasteiger partial charge >= 0.3 is 0 Å². The first-order valence-corrected chi connectivity index (χ1v) is 26.9. The van der Waals surface area contributed by atoms with Crippen molar-refractivity contribution in [2.75, 3.05) is 12.3 Å². The summed E-state index contributed by atoms with van der Waals surface area (Å²) in [4.78, 5) is -0.0867. The zero-order valence-electron chi connectivity index (χ0n) is 36.7. The summed E-state index contributed by atoms with van der Waals surface area (Å²) in [5.74, 6) is 0. The molecule has 0 saturated carbocycles. The van der Waals surface area contributed by atoms with E-state index < -0.39 is 7.14 Å². The summed E-state index contributed by atoms with van der Waals surface area (Å²) >= 11 is 0. The van der Waals surface area contributed by atoms with Crippen LogP contribution in [0.5, 0.6) is 0 Å². The van der Waals surface area contributed by atoms with Crippen molar-refractivity contribution < 1.29 is 4.57 Å². The molecule has 3 heteroatoms. The second-order valence-electron chi connectivity index (χ2n) is 17.4. The zero-order chi connectivity index (χ0) is 37.8. The Morgan fingerprint density at radius 3 is 0.824 bits per heavy atom. The van der Waals surface area contributed by atoms with Crippen LogP contribution < -0.4 is 0 Å². The van der Waals surface area contributed by atoms with E-state index in [0.29, 0.717) is 0 Å². The van der Waals surface area contributed by atoms with Gasteiger partial charge in [0.15, 0.2) is 0 Å². The normalized spacial score (nSPS) is 13.6. The second kappa shape index (κ2) is 36.3. The maximum Gasteiger partial charge on any atom is 0.0976 e. The number of hydrogen-bond acceptors (Lipinski definition) is 1. The molecule has 0 heterocycles. The molecule has 0 amide bonds. The van der Waals surface area contributed by atoms with E-state index in [1.807, 2.05) is 0 Å². The van der Waals surface area contributed by atoms with Crippen LogP contribution in [0.2, 0.25) is 0 Å². The number of unbranched alkanes of at least 4 members (excludes halogenated alkanes) is 28. The van der Waals surface area contributed by atoms with E-state index in [0.717, 1.165) is 12.3 Å². The third-order valence-corrected chi connectivity index (χ3v) is 19.4. The van der Waals surface area contributed by atoms with Crippen LogP contribution in [0.25, 0.3) is 0 Å². The fourth-order valence-corrected chi connectivity index (χ4v) is 15.0. The molecular formula is C48H100OP2. The van der Waals surface area contributed by atoms with E-state index in [1.54, 1.807) is 0 Å². The molecule has 0 aliphatic rings. The van der Waals surface area contributed by atoms with Gasteiger partial charge in [-0.05, 0) is 43.9 Å². The molecule has 2 atom stereocenters. The van der Waals surface area contributed by atoms with Gasteiger partial charge in [-0.15, -0.1) is 9.24 Å². The summed E-state index contributed by atoms with van der Waals surface area (Å²) in [7, 11) is 1.17. The van der Waals surface area contributed by atoms with Crippen molar-refractivity contribution in [1.82, 2.24) is 0 Å². The molecule has 0 fully saturated rings. The molecule has 0 aromatic rings. The Hall–Kier alpha value is 0.660. The van der Waals surface area contributed by atoms with Gasteiger partial charge < -0.3 is 4.57 Å². The summed E-state index contributed by atoms with van der Waals surface area (Å²) in [6.07, 6.45) is 52.9. The Kier molecular flexibility index (Phi) is 36.8.